The number of carboxylic acids is 1. The molecule has 0 radical (unpaired) electrons. The Hall–Kier alpha value is -1.75. The second kappa shape index (κ2) is 9.26. The van der Waals surface area contributed by atoms with Gasteiger partial charge in [-0.3, -0.25) is 4.79 Å². The number of carbonyl (C=O) groups is 1. The molecule has 1 atom stereocenters. The van der Waals surface area contributed by atoms with Crippen molar-refractivity contribution in [3.8, 4) is 11.5 Å². The number of piperidine rings is 1. The van der Waals surface area contributed by atoms with E-state index in [2.05, 4.69) is 11.9 Å². The van der Waals surface area contributed by atoms with E-state index in [1.807, 2.05) is 18.2 Å². The lowest BCUT2D eigenvalue weighted by molar-refractivity contribution is -0.139. The Kier molecular flexibility index (Phi) is 6.78. The number of rotatable bonds is 8. The van der Waals surface area contributed by atoms with Crippen LogP contribution in [0, 0.1) is 5.92 Å². The van der Waals surface area contributed by atoms with Crippen molar-refractivity contribution in [1.29, 1.82) is 0 Å². The SMILES string of the molecule is CN1CCC(CCCCOc2ccc3c(c2)CCC(CC(=O)O)O3)CC1. The largest absolute Gasteiger partial charge is 0.494 e. The molecule has 2 heterocycles. The first-order valence-corrected chi connectivity index (χ1v) is 9.93. The number of aliphatic carboxylic acids is 1. The quantitative estimate of drug-likeness (QED) is 0.715. The van der Waals surface area contributed by atoms with Gasteiger partial charge in [-0.1, -0.05) is 6.42 Å². The Morgan fingerprint density at radius 3 is 2.85 bits per heavy atom. The van der Waals surface area contributed by atoms with Crippen LogP contribution < -0.4 is 9.47 Å². The predicted molar refractivity (Wildman–Crippen MR) is 101 cm³/mol. The van der Waals surface area contributed by atoms with Gasteiger partial charge in [-0.05, 0) is 88.3 Å². The van der Waals surface area contributed by atoms with E-state index in [1.165, 1.54) is 38.8 Å². The molecule has 0 spiro atoms. The number of benzene rings is 1. The molecule has 1 aromatic carbocycles. The fraction of sp³-hybridized carbons (Fsp3) is 0.667. The lowest BCUT2D eigenvalue weighted by Crippen LogP contribution is -2.30. The zero-order valence-electron chi connectivity index (χ0n) is 15.8. The topological polar surface area (TPSA) is 59.0 Å². The summed E-state index contributed by atoms with van der Waals surface area (Å²) in [7, 11) is 2.21. The summed E-state index contributed by atoms with van der Waals surface area (Å²) in [6.45, 7) is 3.24. The minimum absolute atomic E-state index is 0.0645. The van der Waals surface area contributed by atoms with Crippen LogP contribution in [0.1, 0.15) is 50.5 Å². The van der Waals surface area contributed by atoms with E-state index in [1.54, 1.807) is 0 Å². The maximum absolute atomic E-state index is 10.8. The lowest BCUT2D eigenvalue weighted by atomic mass is 9.92. The summed E-state index contributed by atoms with van der Waals surface area (Å²) in [5.41, 5.74) is 1.12. The molecule has 1 N–H and O–H groups in total. The van der Waals surface area contributed by atoms with E-state index in [-0.39, 0.29) is 12.5 Å². The molecule has 144 valence electrons. The fourth-order valence-electron chi connectivity index (χ4n) is 3.93. The molecular formula is C21H31NO4. The summed E-state index contributed by atoms with van der Waals surface area (Å²) in [4.78, 5) is 13.2. The standard InChI is InChI=1S/C21H31NO4/c1-22-11-9-16(10-12-22)4-2-3-13-25-18-7-8-20-17(14-18)5-6-19(26-20)15-21(23)24/h7-8,14,16,19H,2-6,9-13,15H2,1H3,(H,23,24). The number of nitrogens with zero attached hydrogens (tertiary/aromatic N) is 1. The smallest absolute Gasteiger partial charge is 0.307 e. The molecule has 1 aromatic rings. The fourth-order valence-corrected chi connectivity index (χ4v) is 3.93. The van der Waals surface area contributed by atoms with E-state index in [4.69, 9.17) is 14.6 Å². The molecule has 2 aliphatic heterocycles. The molecule has 0 aliphatic carbocycles. The van der Waals surface area contributed by atoms with Crippen LogP contribution in [-0.4, -0.2) is 48.8 Å². The molecule has 1 fully saturated rings. The highest BCUT2D eigenvalue weighted by Crippen LogP contribution is 2.32. The average Bonchev–Trinajstić information content (AvgIpc) is 2.62. The molecule has 5 nitrogen and oxygen atoms in total. The summed E-state index contributed by atoms with van der Waals surface area (Å²) in [6.07, 6.45) is 7.77. The summed E-state index contributed by atoms with van der Waals surface area (Å²) >= 11 is 0. The van der Waals surface area contributed by atoms with Gasteiger partial charge in [0.1, 0.15) is 17.6 Å². The third-order valence-electron chi connectivity index (χ3n) is 5.58. The van der Waals surface area contributed by atoms with E-state index in [0.29, 0.717) is 0 Å². The van der Waals surface area contributed by atoms with Crippen LogP contribution in [0.5, 0.6) is 11.5 Å². The van der Waals surface area contributed by atoms with Crippen molar-refractivity contribution in [3.05, 3.63) is 23.8 Å². The van der Waals surface area contributed by atoms with Gasteiger partial charge in [0, 0.05) is 0 Å². The number of fused-ring (bicyclic) bond motifs is 1. The van der Waals surface area contributed by atoms with Gasteiger partial charge in [0.25, 0.3) is 0 Å². The lowest BCUT2D eigenvalue weighted by Gasteiger charge is -2.28. The van der Waals surface area contributed by atoms with E-state index in [0.717, 1.165) is 48.8 Å². The van der Waals surface area contributed by atoms with Gasteiger partial charge in [0.15, 0.2) is 0 Å². The minimum Gasteiger partial charge on any atom is -0.494 e. The number of hydrogen-bond donors (Lipinski definition) is 1. The van der Waals surface area contributed by atoms with E-state index >= 15 is 0 Å². The van der Waals surface area contributed by atoms with Crippen molar-refractivity contribution in [3.63, 3.8) is 0 Å². The Labute approximate surface area is 156 Å². The van der Waals surface area contributed by atoms with Gasteiger partial charge in [0.2, 0.25) is 0 Å². The Balaban J connectivity index is 1.36. The first kappa shape index (κ1) is 19.0. The van der Waals surface area contributed by atoms with Crippen molar-refractivity contribution < 1.29 is 19.4 Å². The van der Waals surface area contributed by atoms with Gasteiger partial charge in [0.05, 0.1) is 13.0 Å². The molecule has 0 amide bonds. The maximum Gasteiger partial charge on any atom is 0.307 e. The normalized spacial score (nSPS) is 21.0. The summed E-state index contributed by atoms with van der Waals surface area (Å²) in [6, 6.07) is 5.89. The second-order valence-electron chi connectivity index (χ2n) is 7.74. The van der Waals surface area contributed by atoms with Crippen LogP contribution in [0.4, 0.5) is 0 Å². The van der Waals surface area contributed by atoms with Crippen LogP contribution in [0.3, 0.4) is 0 Å². The number of ether oxygens (including phenoxy) is 2. The Morgan fingerprint density at radius 2 is 2.08 bits per heavy atom. The van der Waals surface area contributed by atoms with Gasteiger partial charge in [-0.25, -0.2) is 0 Å². The van der Waals surface area contributed by atoms with Gasteiger partial charge < -0.3 is 19.5 Å². The number of unbranched alkanes of at least 4 members (excludes halogenated alkanes) is 1. The van der Waals surface area contributed by atoms with Crippen molar-refractivity contribution in [1.82, 2.24) is 4.90 Å². The monoisotopic (exact) mass is 361 g/mol. The van der Waals surface area contributed by atoms with Crippen molar-refractivity contribution in [2.24, 2.45) is 5.92 Å². The first-order chi connectivity index (χ1) is 12.6. The Bertz CT molecular complexity index is 596. The number of hydrogen-bond acceptors (Lipinski definition) is 4. The third-order valence-corrected chi connectivity index (χ3v) is 5.58. The Morgan fingerprint density at radius 1 is 1.27 bits per heavy atom. The average molecular weight is 361 g/mol. The summed E-state index contributed by atoms with van der Waals surface area (Å²) < 4.78 is 11.7. The van der Waals surface area contributed by atoms with Gasteiger partial charge in [-0.2, -0.15) is 0 Å². The minimum atomic E-state index is -0.807. The van der Waals surface area contributed by atoms with Crippen LogP contribution in [0.2, 0.25) is 0 Å². The van der Waals surface area contributed by atoms with Crippen LogP contribution in [0.15, 0.2) is 18.2 Å². The number of carboxylic acid groups (broad SMARTS) is 1. The van der Waals surface area contributed by atoms with E-state index in [9.17, 15) is 4.79 Å². The summed E-state index contributed by atoms with van der Waals surface area (Å²) in [5.74, 6) is 1.78. The van der Waals surface area contributed by atoms with Crippen molar-refractivity contribution in [2.75, 3.05) is 26.7 Å². The number of aryl methyl sites for hydroxylation is 1. The molecular weight excluding hydrogens is 330 g/mol. The van der Waals surface area contributed by atoms with Crippen molar-refractivity contribution in [2.45, 2.75) is 57.5 Å². The predicted octanol–water partition coefficient (Wildman–Crippen LogP) is 3.75. The zero-order chi connectivity index (χ0) is 18.4. The summed E-state index contributed by atoms with van der Waals surface area (Å²) in [5, 5.41) is 8.89. The maximum atomic E-state index is 10.8. The first-order valence-electron chi connectivity index (χ1n) is 9.93. The van der Waals surface area contributed by atoms with Crippen LogP contribution >= 0.6 is 0 Å². The van der Waals surface area contributed by atoms with Gasteiger partial charge in [-0.15, -0.1) is 0 Å². The zero-order valence-corrected chi connectivity index (χ0v) is 15.8. The highest BCUT2D eigenvalue weighted by molar-refractivity contribution is 5.67. The highest BCUT2D eigenvalue weighted by atomic mass is 16.5. The molecule has 0 saturated carbocycles. The molecule has 1 saturated heterocycles. The third kappa shape index (κ3) is 5.63. The molecule has 0 bridgehead atoms. The second-order valence-corrected chi connectivity index (χ2v) is 7.74. The van der Waals surface area contributed by atoms with Crippen LogP contribution in [-0.2, 0) is 11.2 Å². The highest BCUT2D eigenvalue weighted by Gasteiger charge is 2.22. The van der Waals surface area contributed by atoms with Crippen LogP contribution in [0.25, 0.3) is 0 Å². The van der Waals surface area contributed by atoms with E-state index < -0.39 is 5.97 Å². The molecule has 5 heteroatoms. The molecule has 3 rings (SSSR count). The molecule has 26 heavy (non-hydrogen) atoms. The number of likely N-dealkylation sites (tertiary alicyclic amines) is 1. The molecule has 2 aliphatic rings. The molecule has 0 aromatic heterocycles. The van der Waals surface area contributed by atoms with Gasteiger partial charge >= 0.3 is 5.97 Å². The molecule has 1 unspecified atom stereocenters. The van der Waals surface area contributed by atoms with Crippen molar-refractivity contribution >= 4 is 5.97 Å².